The number of rotatable bonds is 2. The highest BCUT2D eigenvalue weighted by atomic mass is 32.1. The van der Waals surface area contributed by atoms with Crippen LogP contribution in [0.25, 0.3) is 10.2 Å². The van der Waals surface area contributed by atoms with Crippen molar-refractivity contribution in [1.82, 2.24) is 4.98 Å². The molecule has 0 fully saturated rings. The first-order valence-electron chi connectivity index (χ1n) is 3.94. The van der Waals surface area contributed by atoms with Crippen LogP contribution in [-0.4, -0.2) is 12.1 Å². The highest BCUT2D eigenvalue weighted by molar-refractivity contribution is 7.22. The topological polar surface area (TPSA) is 57.9 Å². The summed E-state index contributed by atoms with van der Waals surface area (Å²) in [5, 5.41) is 11.5. The molecule has 1 heterocycles. The fourth-order valence-electron chi connectivity index (χ4n) is 1.19. The SMILES string of the molecule is COc1cccc2sc(NC#N)nc12. The maximum atomic E-state index is 8.45. The van der Waals surface area contributed by atoms with Crippen LogP contribution in [0.5, 0.6) is 5.75 Å². The van der Waals surface area contributed by atoms with E-state index >= 15 is 0 Å². The van der Waals surface area contributed by atoms with Crippen LogP contribution in [0.15, 0.2) is 18.2 Å². The second kappa shape index (κ2) is 3.52. The summed E-state index contributed by atoms with van der Waals surface area (Å²) in [5.74, 6) is 0.727. The predicted molar refractivity (Wildman–Crippen MR) is 55.4 cm³/mol. The lowest BCUT2D eigenvalue weighted by atomic mass is 10.3. The Morgan fingerprint density at radius 2 is 2.43 bits per heavy atom. The Labute approximate surface area is 84.8 Å². The smallest absolute Gasteiger partial charge is 0.197 e. The van der Waals surface area contributed by atoms with Crippen LogP contribution < -0.4 is 10.1 Å². The molecule has 0 atom stereocenters. The summed E-state index contributed by atoms with van der Waals surface area (Å²) in [6, 6.07) is 5.69. The molecule has 0 saturated carbocycles. The second-order valence-corrected chi connectivity index (χ2v) is 3.59. The van der Waals surface area contributed by atoms with Crippen LogP contribution >= 0.6 is 11.3 Å². The van der Waals surface area contributed by atoms with Crippen LogP contribution in [0, 0.1) is 11.5 Å². The standard InChI is InChI=1S/C9H7N3OS/c1-13-6-3-2-4-7-8(6)12-9(14-7)11-5-10/h2-4H,1H3,(H,11,12). The molecule has 0 saturated heterocycles. The molecule has 0 spiro atoms. The minimum absolute atomic E-state index is 0.590. The van der Waals surface area contributed by atoms with E-state index in [1.54, 1.807) is 7.11 Å². The van der Waals surface area contributed by atoms with Gasteiger partial charge in [-0.3, -0.25) is 5.32 Å². The summed E-state index contributed by atoms with van der Waals surface area (Å²) in [6.07, 6.45) is 1.84. The summed E-state index contributed by atoms with van der Waals surface area (Å²) < 4.78 is 6.15. The molecule has 2 aromatic rings. The predicted octanol–water partition coefficient (Wildman–Crippen LogP) is 2.20. The third-order valence-corrected chi connectivity index (χ3v) is 2.70. The van der Waals surface area contributed by atoms with Crippen molar-refractivity contribution in [2.75, 3.05) is 12.4 Å². The average Bonchev–Trinajstić information content (AvgIpc) is 2.60. The lowest BCUT2D eigenvalue weighted by Crippen LogP contribution is -1.86. The third kappa shape index (κ3) is 1.36. The molecule has 0 aliphatic heterocycles. The van der Waals surface area contributed by atoms with Gasteiger partial charge in [0.05, 0.1) is 11.8 Å². The van der Waals surface area contributed by atoms with Gasteiger partial charge in [0.15, 0.2) is 11.3 Å². The molecule has 0 bridgehead atoms. The van der Waals surface area contributed by atoms with Gasteiger partial charge >= 0.3 is 0 Å². The molecule has 14 heavy (non-hydrogen) atoms. The van der Waals surface area contributed by atoms with Gasteiger partial charge in [-0.2, -0.15) is 5.26 Å². The number of nitrogens with one attached hydrogen (secondary N) is 1. The molecule has 0 aliphatic carbocycles. The van der Waals surface area contributed by atoms with Crippen LogP contribution in [0.1, 0.15) is 0 Å². The number of nitrogens with zero attached hydrogens (tertiary/aromatic N) is 2. The molecule has 4 nitrogen and oxygen atoms in total. The van der Waals surface area contributed by atoms with Crippen molar-refractivity contribution in [1.29, 1.82) is 5.26 Å². The Balaban J connectivity index is 2.59. The average molecular weight is 205 g/mol. The molecule has 0 unspecified atom stereocenters. The Morgan fingerprint density at radius 1 is 1.57 bits per heavy atom. The number of para-hydroxylation sites is 1. The van der Waals surface area contributed by atoms with Crippen molar-refractivity contribution in [2.45, 2.75) is 0 Å². The Morgan fingerprint density at radius 3 is 3.14 bits per heavy atom. The zero-order valence-corrected chi connectivity index (χ0v) is 8.26. The Hall–Kier alpha value is -1.80. The monoisotopic (exact) mass is 205 g/mol. The molecular formula is C9H7N3OS. The van der Waals surface area contributed by atoms with E-state index in [1.165, 1.54) is 11.3 Å². The fraction of sp³-hybridized carbons (Fsp3) is 0.111. The van der Waals surface area contributed by atoms with Crippen molar-refractivity contribution < 1.29 is 4.74 Å². The van der Waals surface area contributed by atoms with Crippen molar-refractivity contribution >= 4 is 26.7 Å². The van der Waals surface area contributed by atoms with Gasteiger partial charge in [0.1, 0.15) is 11.3 Å². The molecule has 0 amide bonds. The first-order valence-corrected chi connectivity index (χ1v) is 4.75. The molecule has 1 aromatic heterocycles. The number of thiazole rings is 1. The summed E-state index contributed by atoms with van der Waals surface area (Å²) >= 11 is 1.43. The number of hydrogen-bond donors (Lipinski definition) is 1. The number of benzene rings is 1. The van der Waals surface area contributed by atoms with E-state index < -0.39 is 0 Å². The van der Waals surface area contributed by atoms with E-state index in [2.05, 4.69) is 10.3 Å². The van der Waals surface area contributed by atoms with Gasteiger partial charge in [-0.1, -0.05) is 17.4 Å². The summed E-state index contributed by atoms with van der Waals surface area (Å²) in [5.41, 5.74) is 0.790. The van der Waals surface area contributed by atoms with E-state index in [1.807, 2.05) is 24.4 Å². The summed E-state index contributed by atoms with van der Waals surface area (Å²) in [6.45, 7) is 0. The van der Waals surface area contributed by atoms with E-state index in [4.69, 9.17) is 10.00 Å². The van der Waals surface area contributed by atoms with Crippen LogP contribution in [0.4, 0.5) is 5.13 Å². The molecule has 2 rings (SSSR count). The van der Waals surface area contributed by atoms with E-state index in [9.17, 15) is 0 Å². The first kappa shape index (κ1) is 8.78. The van der Waals surface area contributed by atoms with Crippen molar-refractivity contribution in [3.05, 3.63) is 18.2 Å². The van der Waals surface area contributed by atoms with E-state index in [-0.39, 0.29) is 0 Å². The molecule has 0 aliphatic rings. The number of anilines is 1. The Kier molecular flexibility index (Phi) is 2.21. The van der Waals surface area contributed by atoms with Gasteiger partial charge in [-0.05, 0) is 12.1 Å². The summed E-state index contributed by atoms with van der Waals surface area (Å²) in [4.78, 5) is 4.23. The molecule has 0 radical (unpaired) electrons. The quantitative estimate of drug-likeness (QED) is 0.603. The third-order valence-electron chi connectivity index (χ3n) is 1.76. The number of aromatic nitrogens is 1. The van der Waals surface area contributed by atoms with Crippen LogP contribution in [0.2, 0.25) is 0 Å². The van der Waals surface area contributed by atoms with Gasteiger partial charge in [-0.25, -0.2) is 4.98 Å². The van der Waals surface area contributed by atoms with Crippen LogP contribution in [-0.2, 0) is 0 Å². The minimum Gasteiger partial charge on any atom is -0.494 e. The normalized spacial score (nSPS) is 9.71. The summed E-state index contributed by atoms with van der Waals surface area (Å²) in [7, 11) is 1.60. The zero-order valence-electron chi connectivity index (χ0n) is 7.44. The largest absolute Gasteiger partial charge is 0.494 e. The minimum atomic E-state index is 0.590. The van der Waals surface area contributed by atoms with Crippen molar-refractivity contribution in [3.63, 3.8) is 0 Å². The Bertz CT molecular complexity index is 500. The maximum absolute atomic E-state index is 8.45. The maximum Gasteiger partial charge on any atom is 0.197 e. The van der Waals surface area contributed by atoms with Gasteiger partial charge in [0.2, 0.25) is 0 Å². The van der Waals surface area contributed by atoms with Gasteiger partial charge < -0.3 is 4.74 Å². The second-order valence-electron chi connectivity index (χ2n) is 2.56. The fourth-order valence-corrected chi connectivity index (χ4v) is 2.02. The number of hydrogen-bond acceptors (Lipinski definition) is 5. The van der Waals surface area contributed by atoms with Gasteiger partial charge in [0.25, 0.3) is 0 Å². The number of fused-ring (bicyclic) bond motifs is 1. The van der Waals surface area contributed by atoms with Gasteiger partial charge in [0, 0.05) is 0 Å². The van der Waals surface area contributed by atoms with Gasteiger partial charge in [-0.15, -0.1) is 0 Å². The lowest BCUT2D eigenvalue weighted by Gasteiger charge is -1.97. The van der Waals surface area contributed by atoms with E-state index in [0.717, 1.165) is 16.0 Å². The molecule has 1 aromatic carbocycles. The van der Waals surface area contributed by atoms with Crippen LogP contribution in [0.3, 0.4) is 0 Å². The zero-order chi connectivity index (χ0) is 9.97. The molecule has 1 N–H and O–H groups in total. The van der Waals surface area contributed by atoms with E-state index in [0.29, 0.717) is 5.13 Å². The molecular weight excluding hydrogens is 198 g/mol. The molecule has 70 valence electrons. The first-order chi connectivity index (χ1) is 6.85. The number of ether oxygens (including phenoxy) is 1. The number of nitriles is 1. The van der Waals surface area contributed by atoms with Crippen molar-refractivity contribution in [2.24, 2.45) is 0 Å². The van der Waals surface area contributed by atoms with Crippen molar-refractivity contribution in [3.8, 4) is 11.9 Å². The highest BCUT2D eigenvalue weighted by Gasteiger charge is 2.07. The highest BCUT2D eigenvalue weighted by Crippen LogP contribution is 2.31. The molecule has 5 heteroatoms. The lowest BCUT2D eigenvalue weighted by molar-refractivity contribution is 0.419. The number of methoxy groups -OCH3 is 1.